The van der Waals surface area contributed by atoms with E-state index in [1.54, 1.807) is 4.90 Å². The van der Waals surface area contributed by atoms with Crippen LogP contribution in [0.15, 0.2) is 0 Å². The molecular weight excluding hydrogens is 270 g/mol. The van der Waals surface area contributed by atoms with Gasteiger partial charge in [0.2, 0.25) is 11.8 Å². The number of carbonyl (C=O) groups excluding carboxylic acids is 2. The lowest BCUT2D eigenvalue weighted by Gasteiger charge is -2.31. The van der Waals surface area contributed by atoms with Gasteiger partial charge in [-0.1, -0.05) is 19.3 Å². The maximum Gasteiger partial charge on any atom is 0.249 e. The number of carbonyl (C=O) groups is 2. The molecule has 0 bridgehead atoms. The number of hydrogen-bond donors (Lipinski definition) is 2. The highest BCUT2D eigenvalue weighted by atomic mass is 16.5. The van der Waals surface area contributed by atoms with E-state index in [4.69, 9.17) is 10.5 Å². The minimum absolute atomic E-state index is 0.0244. The third-order valence-corrected chi connectivity index (χ3v) is 4.59. The molecule has 2 rings (SSSR count). The quantitative estimate of drug-likeness (QED) is 0.769. The third kappa shape index (κ3) is 4.41. The third-order valence-electron chi connectivity index (χ3n) is 4.59. The van der Waals surface area contributed by atoms with Gasteiger partial charge >= 0.3 is 0 Å². The van der Waals surface area contributed by atoms with Crippen LogP contribution in [0.4, 0.5) is 0 Å². The van der Waals surface area contributed by atoms with Crippen molar-refractivity contribution < 1.29 is 14.3 Å². The van der Waals surface area contributed by atoms with Gasteiger partial charge in [0.25, 0.3) is 0 Å². The lowest BCUT2D eigenvalue weighted by atomic mass is 9.94. The van der Waals surface area contributed by atoms with Gasteiger partial charge in [0.05, 0.1) is 12.6 Å². The van der Waals surface area contributed by atoms with Crippen LogP contribution in [0, 0.1) is 0 Å². The van der Waals surface area contributed by atoms with Crippen molar-refractivity contribution in [1.29, 1.82) is 0 Å². The number of amides is 2. The first kappa shape index (κ1) is 16.2. The lowest BCUT2D eigenvalue weighted by molar-refractivity contribution is -0.137. The molecule has 0 spiro atoms. The second-order valence-electron chi connectivity index (χ2n) is 6.07. The molecule has 1 aliphatic carbocycles. The average molecular weight is 297 g/mol. The van der Waals surface area contributed by atoms with Gasteiger partial charge in [-0.05, 0) is 25.7 Å². The number of nitrogens with two attached hydrogens (primary N) is 1. The molecule has 2 fully saturated rings. The van der Waals surface area contributed by atoms with E-state index in [0.717, 1.165) is 19.3 Å². The first-order valence-electron chi connectivity index (χ1n) is 8.00. The molecule has 0 unspecified atom stereocenters. The molecule has 0 radical (unpaired) electrons. The molecule has 2 amide bonds. The predicted molar refractivity (Wildman–Crippen MR) is 79.6 cm³/mol. The van der Waals surface area contributed by atoms with E-state index in [1.165, 1.54) is 19.3 Å². The van der Waals surface area contributed by atoms with Gasteiger partial charge in [0.1, 0.15) is 6.10 Å². The maximum absolute atomic E-state index is 12.1. The van der Waals surface area contributed by atoms with E-state index in [2.05, 4.69) is 5.32 Å². The molecule has 6 heteroatoms. The van der Waals surface area contributed by atoms with Crippen molar-refractivity contribution in [3.8, 4) is 0 Å². The largest absolute Gasteiger partial charge is 0.364 e. The van der Waals surface area contributed by atoms with E-state index < -0.39 is 6.10 Å². The molecule has 3 N–H and O–H groups in total. The van der Waals surface area contributed by atoms with Crippen LogP contribution < -0.4 is 11.1 Å². The van der Waals surface area contributed by atoms with E-state index in [0.29, 0.717) is 19.0 Å². The Morgan fingerprint density at radius 1 is 1.19 bits per heavy atom. The zero-order valence-corrected chi connectivity index (χ0v) is 12.8. The van der Waals surface area contributed by atoms with Crippen molar-refractivity contribution in [2.45, 2.75) is 63.2 Å². The van der Waals surface area contributed by atoms with Crippen LogP contribution in [0.3, 0.4) is 0 Å². The summed E-state index contributed by atoms with van der Waals surface area (Å²) in [6.07, 6.45) is 6.78. The van der Waals surface area contributed by atoms with Crippen molar-refractivity contribution in [3.05, 3.63) is 0 Å². The fourth-order valence-electron chi connectivity index (χ4n) is 3.15. The van der Waals surface area contributed by atoms with Crippen LogP contribution in [-0.4, -0.2) is 55.1 Å². The van der Waals surface area contributed by atoms with E-state index in [9.17, 15) is 9.59 Å². The monoisotopic (exact) mass is 297 g/mol. The summed E-state index contributed by atoms with van der Waals surface area (Å²) >= 11 is 0. The maximum atomic E-state index is 12.1. The van der Waals surface area contributed by atoms with E-state index >= 15 is 0 Å². The highest BCUT2D eigenvalue weighted by Gasteiger charge is 2.30. The Kier molecular flexibility index (Phi) is 5.99. The van der Waals surface area contributed by atoms with Gasteiger partial charge in [-0.25, -0.2) is 0 Å². The van der Waals surface area contributed by atoms with Crippen LogP contribution in [-0.2, 0) is 14.3 Å². The van der Waals surface area contributed by atoms with Gasteiger partial charge < -0.3 is 20.7 Å². The summed E-state index contributed by atoms with van der Waals surface area (Å²) in [4.78, 5) is 25.9. The standard InChI is InChI=1S/C15H27N3O3/c1-18(11-5-3-2-4-6-11)14(19)10-17-15(20)13-8-7-12(9-16)21-13/h11-13H,2-10,16H2,1H3,(H,17,20)/t12-,13+/m1/s1. The predicted octanol–water partition coefficient (Wildman–Crippen LogP) is 0.400. The van der Waals surface area contributed by atoms with Crippen molar-refractivity contribution in [2.75, 3.05) is 20.1 Å². The molecule has 0 aromatic heterocycles. The Labute approximate surface area is 126 Å². The van der Waals surface area contributed by atoms with Crippen molar-refractivity contribution in [3.63, 3.8) is 0 Å². The molecule has 1 saturated heterocycles. The number of ether oxygens (including phenoxy) is 1. The number of nitrogens with zero attached hydrogens (tertiary/aromatic N) is 1. The average Bonchev–Trinajstić information content (AvgIpc) is 3.01. The summed E-state index contributed by atoms with van der Waals surface area (Å²) in [7, 11) is 1.83. The van der Waals surface area contributed by atoms with Crippen LogP contribution in [0.1, 0.15) is 44.9 Å². The van der Waals surface area contributed by atoms with Crippen LogP contribution in [0.5, 0.6) is 0 Å². The van der Waals surface area contributed by atoms with Crippen LogP contribution in [0.25, 0.3) is 0 Å². The molecular formula is C15H27N3O3. The van der Waals surface area contributed by atoms with Gasteiger partial charge in [-0.15, -0.1) is 0 Å². The Hall–Kier alpha value is -1.14. The Bertz CT molecular complexity index is 369. The molecule has 1 heterocycles. The summed E-state index contributed by atoms with van der Waals surface area (Å²) in [5, 5.41) is 2.69. The zero-order chi connectivity index (χ0) is 15.2. The summed E-state index contributed by atoms with van der Waals surface area (Å²) in [5.41, 5.74) is 5.52. The fourth-order valence-corrected chi connectivity index (χ4v) is 3.15. The number of hydrogen-bond acceptors (Lipinski definition) is 4. The van der Waals surface area contributed by atoms with Crippen LogP contribution >= 0.6 is 0 Å². The molecule has 0 aromatic rings. The van der Waals surface area contributed by atoms with Gasteiger partial charge in [0.15, 0.2) is 0 Å². The molecule has 1 saturated carbocycles. The molecule has 6 nitrogen and oxygen atoms in total. The van der Waals surface area contributed by atoms with Crippen molar-refractivity contribution in [1.82, 2.24) is 10.2 Å². The molecule has 21 heavy (non-hydrogen) atoms. The zero-order valence-electron chi connectivity index (χ0n) is 12.8. The summed E-state index contributed by atoms with van der Waals surface area (Å²) in [6, 6.07) is 0.326. The summed E-state index contributed by atoms with van der Waals surface area (Å²) in [6.45, 7) is 0.492. The highest BCUT2D eigenvalue weighted by Crippen LogP contribution is 2.21. The Morgan fingerprint density at radius 2 is 1.90 bits per heavy atom. The van der Waals surface area contributed by atoms with E-state index in [-0.39, 0.29) is 24.5 Å². The Balaban J connectivity index is 1.71. The van der Waals surface area contributed by atoms with Gasteiger partial charge in [-0.2, -0.15) is 0 Å². The molecule has 2 aliphatic rings. The number of nitrogens with one attached hydrogen (secondary N) is 1. The number of likely N-dealkylation sites (N-methyl/N-ethyl adjacent to an activating group) is 1. The molecule has 120 valence electrons. The first-order chi connectivity index (χ1) is 10.1. The normalized spacial score (nSPS) is 26.6. The molecule has 0 aromatic carbocycles. The smallest absolute Gasteiger partial charge is 0.249 e. The van der Waals surface area contributed by atoms with Crippen molar-refractivity contribution in [2.24, 2.45) is 5.73 Å². The molecule has 1 aliphatic heterocycles. The minimum atomic E-state index is -0.452. The van der Waals surface area contributed by atoms with Gasteiger partial charge in [-0.3, -0.25) is 9.59 Å². The van der Waals surface area contributed by atoms with E-state index in [1.807, 2.05) is 7.05 Å². The summed E-state index contributed by atoms with van der Waals surface area (Å²) in [5.74, 6) is -0.222. The van der Waals surface area contributed by atoms with Crippen LogP contribution in [0.2, 0.25) is 0 Å². The second kappa shape index (κ2) is 7.75. The van der Waals surface area contributed by atoms with Gasteiger partial charge in [0, 0.05) is 19.6 Å². The first-order valence-corrected chi connectivity index (χ1v) is 8.00. The summed E-state index contributed by atoms with van der Waals surface area (Å²) < 4.78 is 5.52. The lowest BCUT2D eigenvalue weighted by Crippen LogP contribution is -2.46. The molecule has 2 atom stereocenters. The number of rotatable bonds is 5. The fraction of sp³-hybridized carbons (Fsp3) is 0.867. The highest BCUT2D eigenvalue weighted by molar-refractivity contribution is 5.87. The van der Waals surface area contributed by atoms with Crippen molar-refractivity contribution >= 4 is 11.8 Å². The SMILES string of the molecule is CN(C(=O)CNC(=O)[C@@H]1CC[C@H](CN)O1)C1CCCCC1. The topological polar surface area (TPSA) is 84.7 Å². The second-order valence-corrected chi connectivity index (χ2v) is 6.07. The Morgan fingerprint density at radius 3 is 2.52 bits per heavy atom. The minimum Gasteiger partial charge on any atom is -0.364 e.